The monoisotopic (exact) mass is 797 g/mol. The van der Waals surface area contributed by atoms with Crippen molar-refractivity contribution in [2.75, 3.05) is 51.3 Å². The van der Waals surface area contributed by atoms with Gasteiger partial charge in [0.1, 0.15) is 17.3 Å². The van der Waals surface area contributed by atoms with Gasteiger partial charge in [-0.25, -0.2) is 9.18 Å². The second-order valence-electron chi connectivity index (χ2n) is 16.0. The minimum Gasteiger partial charge on any atom is -0.508 e. The number of nitrogens with zero attached hydrogens (tertiary/aromatic N) is 5. The first-order valence-electron chi connectivity index (χ1n) is 20.6. The van der Waals surface area contributed by atoms with E-state index >= 15 is 4.79 Å². The van der Waals surface area contributed by atoms with E-state index in [0.29, 0.717) is 56.1 Å². The predicted octanol–water partition coefficient (Wildman–Crippen LogP) is 7.07. The lowest BCUT2D eigenvalue weighted by Gasteiger charge is -2.41. The van der Waals surface area contributed by atoms with Crippen LogP contribution in [0, 0.1) is 5.82 Å². The van der Waals surface area contributed by atoms with Gasteiger partial charge in [-0.1, -0.05) is 24.3 Å². The first kappa shape index (κ1) is 38.5. The van der Waals surface area contributed by atoms with Crippen LogP contribution < -0.4 is 9.64 Å². The van der Waals surface area contributed by atoms with Crippen LogP contribution in [0.3, 0.4) is 0 Å². The molecule has 3 amide bonds. The largest absolute Gasteiger partial charge is 0.508 e. The minimum absolute atomic E-state index is 0.0844. The lowest BCUT2D eigenvalue weighted by atomic mass is 9.89. The number of anilines is 1. The standard InChI is InChI=1S/C47H48FN5O6/c1-49(36-11-13-38(54)14-12-36)45(55)42-27-44(52-18-5-4-8-43(42)52)40-25-32-17-19-51(47(57)59-39-15-9-35(48)10-16-39)28-34(32)26-41(40)46(56)53-29-33-7-3-2-6-31(33)24-37(53)30-50-20-22-58-23-21-50/h2-3,6-7,9-16,25-27,37,54H,4-5,8,17-24,28-30H2,1H3/t37-/m0/s1. The van der Waals surface area contributed by atoms with Crippen LogP contribution in [0.5, 0.6) is 11.5 Å². The van der Waals surface area contributed by atoms with Gasteiger partial charge in [0.05, 0.1) is 18.8 Å². The summed E-state index contributed by atoms with van der Waals surface area (Å²) in [5.41, 5.74) is 8.59. The number of aromatic hydroxyl groups is 1. The van der Waals surface area contributed by atoms with E-state index in [0.717, 1.165) is 79.0 Å². The zero-order valence-electron chi connectivity index (χ0n) is 33.2. The van der Waals surface area contributed by atoms with Gasteiger partial charge in [-0.05, 0) is 121 Å². The summed E-state index contributed by atoms with van der Waals surface area (Å²) in [6.45, 7) is 5.47. The number of carbonyl (C=O) groups is 3. The van der Waals surface area contributed by atoms with Gasteiger partial charge in [0, 0.05) is 87.1 Å². The van der Waals surface area contributed by atoms with E-state index in [2.05, 4.69) is 33.7 Å². The summed E-state index contributed by atoms with van der Waals surface area (Å²) < 4.78 is 27.1. The highest BCUT2D eigenvalue weighted by molar-refractivity contribution is 6.08. The lowest BCUT2D eigenvalue weighted by Crippen LogP contribution is -2.52. The predicted molar refractivity (Wildman–Crippen MR) is 221 cm³/mol. The van der Waals surface area contributed by atoms with Crippen LogP contribution in [-0.2, 0) is 43.6 Å². The second-order valence-corrected chi connectivity index (χ2v) is 16.0. The van der Waals surface area contributed by atoms with Crippen LogP contribution in [0.25, 0.3) is 11.3 Å². The maximum absolute atomic E-state index is 15.5. The molecule has 1 aromatic heterocycles. The highest BCUT2D eigenvalue weighted by Crippen LogP contribution is 2.38. The Morgan fingerprint density at radius 2 is 1.58 bits per heavy atom. The summed E-state index contributed by atoms with van der Waals surface area (Å²) in [6.07, 6.45) is 3.34. The Labute approximate surface area is 343 Å². The van der Waals surface area contributed by atoms with Crippen molar-refractivity contribution in [3.63, 3.8) is 0 Å². The minimum atomic E-state index is -0.543. The molecular formula is C47H48FN5O6. The Morgan fingerprint density at radius 1 is 0.814 bits per heavy atom. The Hall–Kier alpha value is -5.98. The van der Waals surface area contributed by atoms with Crippen molar-refractivity contribution in [1.29, 1.82) is 0 Å². The fourth-order valence-electron chi connectivity index (χ4n) is 9.11. The van der Waals surface area contributed by atoms with Gasteiger partial charge in [0.2, 0.25) is 0 Å². The number of rotatable bonds is 7. The van der Waals surface area contributed by atoms with Crippen molar-refractivity contribution in [1.82, 2.24) is 19.3 Å². The van der Waals surface area contributed by atoms with Crippen LogP contribution in [-0.4, -0.2) is 94.8 Å². The molecule has 59 heavy (non-hydrogen) atoms. The summed E-state index contributed by atoms with van der Waals surface area (Å²) in [5.74, 6) is -0.294. The van der Waals surface area contributed by atoms with Crippen molar-refractivity contribution in [3.05, 3.63) is 136 Å². The molecular weight excluding hydrogens is 750 g/mol. The average Bonchev–Trinajstić information content (AvgIpc) is 3.65. The van der Waals surface area contributed by atoms with E-state index < -0.39 is 11.9 Å². The third kappa shape index (κ3) is 7.82. The van der Waals surface area contributed by atoms with Crippen LogP contribution in [0.15, 0.2) is 91.0 Å². The van der Waals surface area contributed by atoms with Gasteiger partial charge >= 0.3 is 6.09 Å². The van der Waals surface area contributed by atoms with E-state index in [1.165, 1.54) is 29.8 Å². The zero-order valence-corrected chi connectivity index (χ0v) is 33.2. The number of amides is 3. The Morgan fingerprint density at radius 3 is 2.36 bits per heavy atom. The van der Waals surface area contributed by atoms with Crippen molar-refractivity contribution in [3.8, 4) is 22.8 Å². The van der Waals surface area contributed by atoms with Crippen molar-refractivity contribution in [2.24, 2.45) is 0 Å². The van der Waals surface area contributed by atoms with Gasteiger partial charge in [0.15, 0.2) is 0 Å². The third-order valence-corrected chi connectivity index (χ3v) is 12.4. The van der Waals surface area contributed by atoms with Gasteiger partial charge in [-0.2, -0.15) is 0 Å². The molecule has 5 heterocycles. The third-order valence-electron chi connectivity index (χ3n) is 12.4. The number of ether oxygens (including phenoxy) is 2. The second kappa shape index (κ2) is 16.3. The molecule has 4 aliphatic rings. The van der Waals surface area contributed by atoms with Crippen LogP contribution >= 0.6 is 0 Å². The molecule has 5 aromatic rings. The number of benzene rings is 4. The molecule has 0 unspecified atom stereocenters. The molecule has 1 fully saturated rings. The van der Waals surface area contributed by atoms with E-state index in [4.69, 9.17) is 9.47 Å². The van der Waals surface area contributed by atoms with E-state index in [1.54, 1.807) is 41.1 Å². The number of hydrogen-bond acceptors (Lipinski definition) is 7. The smallest absolute Gasteiger partial charge is 0.415 e. The summed E-state index contributed by atoms with van der Waals surface area (Å²) in [7, 11) is 1.74. The number of halogens is 1. The quantitative estimate of drug-likeness (QED) is 0.188. The van der Waals surface area contributed by atoms with Gasteiger partial charge in [-0.15, -0.1) is 0 Å². The molecule has 0 bridgehead atoms. The number of phenols is 1. The average molecular weight is 798 g/mol. The van der Waals surface area contributed by atoms with Crippen LogP contribution in [0.4, 0.5) is 14.9 Å². The Balaban J connectivity index is 1.12. The number of hydrogen-bond donors (Lipinski definition) is 1. The Bertz CT molecular complexity index is 2390. The maximum atomic E-state index is 15.5. The molecule has 4 aromatic carbocycles. The lowest BCUT2D eigenvalue weighted by molar-refractivity contribution is 0.0193. The zero-order chi connectivity index (χ0) is 40.6. The van der Waals surface area contributed by atoms with Gasteiger partial charge < -0.3 is 33.8 Å². The number of phenolic OH excluding ortho intramolecular Hbond substituents is 1. The van der Waals surface area contributed by atoms with Crippen molar-refractivity contribution in [2.45, 2.75) is 57.8 Å². The summed E-state index contributed by atoms with van der Waals surface area (Å²) in [4.78, 5) is 50.9. The SMILES string of the molecule is CN(C(=O)c1cc(-c2cc3c(cc2C(=O)N2Cc4ccccc4C[C@H]2CN2CCOCC2)CN(C(=O)Oc2ccc(F)cc2)CC3)n2c1CCCC2)c1ccc(O)cc1. The molecule has 0 radical (unpaired) electrons. The van der Waals surface area contributed by atoms with Crippen LogP contribution in [0.2, 0.25) is 0 Å². The molecule has 11 nitrogen and oxygen atoms in total. The summed E-state index contributed by atoms with van der Waals surface area (Å²) >= 11 is 0. The van der Waals surface area contributed by atoms with Crippen LogP contribution in [0.1, 0.15) is 61.5 Å². The molecule has 304 valence electrons. The van der Waals surface area contributed by atoms with E-state index in [-0.39, 0.29) is 35.9 Å². The fourth-order valence-corrected chi connectivity index (χ4v) is 9.11. The number of carbonyl (C=O) groups excluding carboxylic acids is 3. The van der Waals surface area contributed by atoms with Gasteiger partial charge in [-0.3, -0.25) is 14.5 Å². The summed E-state index contributed by atoms with van der Waals surface area (Å²) in [6, 6.07) is 26.2. The normalized spacial score (nSPS) is 17.8. The molecule has 0 spiro atoms. The number of morpholine rings is 1. The molecule has 4 aliphatic heterocycles. The van der Waals surface area contributed by atoms with Crippen molar-refractivity contribution < 1.29 is 33.4 Å². The number of fused-ring (bicyclic) bond motifs is 3. The Kier molecular flexibility index (Phi) is 10.7. The first-order chi connectivity index (χ1) is 28.7. The number of aromatic nitrogens is 1. The summed E-state index contributed by atoms with van der Waals surface area (Å²) in [5, 5.41) is 9.91. The molecule has 0 saturated carbocycles. The first-order valence-corrected chi connectivity index (χ1v) is 20.6. The van der Waals surface area contributed by atoms with E-state index in [1.807, 2.05) is 23.1 Å². The molecule has 1 saturated heterocycles. The molecule has 12 heteroatoms. The molecule has 1 atom stereocenters. The van der Waals surface area contributed by atoms with Crippen molar-refractivity contribution >= 4 is 23.6 Å². The molecule has 9 rings (SSSR count). The highest BCUT2D eigenvalue weighted by atomic mass is 19.1. The van der Waals surface area contributed by atoms with Gasteiger partial charge in [0.25, 0.3) is 11.8 Å². The molecule has 0 aliphatic carbocycles. The maximum Gasteiger partial charge on any atom is 0.415 e. The van der Waals surface area contributed by atoms with E-state index in [9.17, 15) is 19.1 Å². The molecule has 1 N–H and O–H groups in total. The fraction of sp³-hybridized carbons (Fsp3) is 0.340. The topological polar surface area (TPSA) is 108 Å². The highest BCUT2D eigenvalue weighted by Gasteiger charge is 2.36.